The highest BCUT2D eigenvalue weighted by atomic mass is 32.2. The topological polar surface area (TPSA) is 140 Å². The van der Waals surface area contributed by atoms with E-state index >= 15 is 0 Å². The number of nitrogens with one attached hydrogen (secondary N) is 2. The number of aromatic nitrogens is 5. The van der Waals surface area contributed by atoms with Gasteiger partial charge in [0.25, 0.3) is 10.0 Å². The van der Waals surface area contributed by atoms with Crippen molar-refractivity contribution in [2.24, 2.45) is 0 Å². The highest BCUT2D eigenvalue weighted by Gasteiger charge is 2.25. The van der Waals surface area contributed by atoms with Crippen LogP contribution in [0.1, 0.15) is 11.4 Å². The number of amides is 1. The van der Waals surface area contributed by atoms with Gasteiger partial charge in [0.15, 0.2) is 0 Å². The Kier molecular flexibility index (Phi) is 6.26. The molecule has 1 aliphatic rings. The standard InChI is InChI=1S/C25H19N7O3S3/c1-14-28-31-25(37-14)32-38(34,35)17-10-8-16(9-11-17)26-20(33)12-13-36-24-27-22-18-6-2-4-15-5-3-7-19(21(15)18)23(22)29-30-24/h2-11H,12-13H2,1H3,(H,26,33)(H,31,32). The van der Waals surface area contributed by atoms with Gasteiger partial charge in [-0.3, -0.25) is 9.52 Å². The molecule has 0 unspecified atom stereocenters. The molecule has 0 aliphatic heterocycles. The first-order valence-corrected chi connectivity index (χ1v) is 14.8. The minimum Gasteiger partial charge on any atom is -0.326 e. The van der Waals surface area contributed by atoms with Gasteiger partial charge in [-0.05, 0) is 36.6 Å². The van der Waals surface area contributed by atoms with E-state index in [-0.39, 0.29) is 22.4 Å². The molecule has 2 heterocycles. The van der Waals surface area contributed by atoms with E-state index in [0.29, 0.717) is 21.6 Å². The first-order chi connectivity index (χ1) is 18.4. The van der Waals surface area contributed by atoms with E-state index in [2.05, 4.69) is 42.6 Å². The number of aryl methyl sites for hydroxylation is 1. The van der Waals surface area contributed by atoms with Crippen molar-refractivity contribution in [3.8, 4) is 22.5 Å². The summed E-state index contributed by atoms with van der Waals surface area (Å²) in [5.74, 6) is 0.253. The quantitative estimate of drug-likeness (QED) is 0.252. The minimum atomic E-state index is -3.80. The molecular weight excluding hydrogens is 543 g/mol. The second-order valence-corrected chi connectivity index (χ2v) is 12.3. The third kappa shape index (κ3) is 4.71. The summed E-state index contributed by atoms with van der Waals surface area (Å²) >= 11 is 2.50. The molecule has 6 rings (SSSR count). The molecule has 2 N–H and O–H groups in total. The molecule has 0 fully saturated rings. The van der Waals surface area contributed by atoms with Gasteiger partial charge in [0, 0.05) is 34.4 Å². The number of thioether (sulfide) groups is 1. The molecule has 3 aromatic carbocycles. The Morgan fingerprint density at radius 1 is 0.921 bits per heavy atom. The van der Waals surface area contributed by atoms with Gasteiger partial charge in [-0.1, -0.05) is 59.5 Å². The Hall–Kier alpha value is -3.94. The molecule has 1 aliphatic carbocycles. The molecule has 0 spiro atoms. The summed E-state index contributed by atoms with van der Waals surface area (Å²) in [4.78, 5) is 17.2. The lowest BCUT2D eigenvalue weighted by molar-refractivity contribution is -0.115. The Bertz CT molecular complexity index is 1800. The first kappa shape index (κ1) is 24.4. The Morgan fingerprint density at radius 3 is 2.37 bits per heavy atom. The fourth-order valence-electron chi connectivity index (χ4n) is 4.16. The molecule has 13 heteroatoms. The summed E-state index contributed by atoms with van der Waals surface area (Å²) < 4.78 is 27.5. The van der Waals surface area contributed by atoms with Crippen LogP contribution in [0, 0.1) is 6.92 Å². The molecular formula is C25H19N7O3S3. The van der Waals surface area contributed by atoms with Crippen molar-refractivity contribution in [1.29, 1.82) is 0 Å². The zero-order valence-electron chi connectivity index (χ0n) is 19.9. The lowest BCUT2D eigenvalue weighted by Gasteiger charge is -2.08. The predicted octanol–water partition coefficient (Wildman–Crippen LogP) is 4.75. The Morgan fingerprint density at radius 2 is 1.66 bits per heavy atom. The van der Waals surface area contributed by atoms with E-state index in [1.54, 1.807) is 6.92 Å². The van der Waals surface area contributed by atoms with Crippen molar-refractivity contribution in [2.45, 2.75) is 23.4 Å². The van der Waals surface area contributed by atoms with Crippen LogP contribution >= 0.6 is 23.1 Å². The summed E-state index contributed by atoms with van der Waals surface area (Å²) in [6.45, 7) is 1.74. The molecule has 190 valence electrons. The van der Waals surface area contributed by atoms with Gasteiger partial charge in [0.1, 0.15) is 16.4 Å². The SMILES string of the molecule is Cc1nnc(NS(=O)(=O)c2ccc(NC(=O)CCSc3nnc4c(n3)-c3cccc5cccc-4c35)cc2)s1. The molecule has 0 saturated heterocycles. The van der Waals surface area contributed by atoms with Gasteiger partial charge < -0.3 is 5.32 Å². The van der Waals surface area contributed by atoms with Gasteiger partial charge >= 0.3 is 0 Å². The third-order valence-electron chi connectivity index (χ3n) is 5.84. The van der Waals surface area contributed by atoms with Crippen molar-refractivity contribution < 1.29 is 13.2 Å². The van der Waals surface area contributed by atoms with E-state index in [0.717, 1.165) is 44.6 Å². The molecule has 0 bridgehead atoms. The maximum Gasteiger partial charge on any atom is 0.263 e. The molecule has 10 nitrogen and oxygen atoms in total. The maximum atomic E-state index is 12.5. The molecule has 1 amide bonds. The summed E-state index contributed by atoms with van der Waals surface area (Å²) in [5.41, 5.74) is 4.16. The maximum absolute atomic E-state index is 12.5. The number of nitrogens with zero attached hydrogens (tertiary/aromatic N) is 5. The van der Waals surface area contributed by atoms with Gasteiger partial charge in [-0.2, -0.15) is 0 Å². The van der Waals surface area contributed by atoms with Crippen molar-refractivity contribution in [2.75, 3.05) is 15.8 Å². The summed E-state index contributed by atoms with van der Waals surface area (Å²) in [6, 6.07) is 18.1. The number of sulfonamides is 1. The summed E-state index contributed by atoms with van der Waals surface area (Å²) in [6.07, 6.45) is 0.221. The average molecular weight is 562 g/mol. The number of carbonyl (C=O) groups excluding carboxylic acids is 1. The third-order valence-corrected chi connectivity index (χ3v) is 8.92. The van der Waals surface area contributed by atoms with E-state index in [4.69, 9.17) is 4.98 Å². The summed E-state index contributed by atoms with van der Waals surface area (Å²) in [5, 5.41) is 22.7. The van der Waals surface area contributed by atoms with Gasteiger partial charge in [0.05, 0.1) is 4.90 Å². The summed E-state index contributed by atoms with van der Waals surface area (Å²) in [7, 11) is -3.80. The van der Waals surface area contributed by atoms with E-state index in [1.807, 2.05) is 24.3 Å². The fraction of sp³-hybridized carbons (Fsp3) is 0.120. The number of benzene rings is 3. The number of anilines is 2. The molecule has 2 aromatic heterocycles. The van der Waals surface area contributed by atoms with Crippen LogP contribution in [-0.2, 0) is 14.8 Å². The smallest absolute Gasteiger partial charge is 0.263 e. The second kappa shape index (κ2) is 9.74. The number of hydrogen-bond donors (Lipinski definition) is 2. The monoisotopic (exact) mass is 561 g/mol. The zero-order chi connectivity index (χ0) is 26.3. The van der Waals surface area contributed by atoms with Gasteiger partial charge in [-0.15, -0.1) is 20.4 Å². The minimum absolute atomic E-state index is 0.0537. The zero-order valence-corrected chi connectivity index (χ0v) is 22.3. The highest BCUT2D eigenvalue weighted by molar-refractivity contribution is 7.99. The van der Waals surface area contributed by atoms with Crippen LogP contribution in [0.3, 0.4) is 0 Å². The van der Waals surface area contributed by atoms with Crippen LogP contribution in [0.25, 0.3) is 33.3 Å². The van der Waals surface area contributed by atoms with Crippen molar-refractivity contribution in [3.63, 3.8) is 0 Å². The Balaban J connectivity index is 1.05. The fourth-order valence-corrected chi connectivity index (χ4v) is 6.71. The van der Waals surface area contributed by atoms with E-state index < -0.39 is 10.0 Å². The van der Waals surface area contributed by atoms with Crippen LogP contribution in [0.2, 0.25) is 0 Å². The van der Waals surface area contributed by atoms with Gasteiger partial charge in [-0.25, -0.2) is 13.4 Å². The normalized spacial score (nSPS) is 11.9. The number of carbonyl (C=O) groups is 1. The van der Waals surface area contributed by atoms with E-state index in [1.165, 1.54) is 36.0 Å². The van der Waals surface area contributed by atoms with Crippen molar-refractivity contribution in [1.82, 2.24) is 25.4 Å². The number of rotatable bonds is 8. The van der Waals surface area contributed by atoms with Crippen molar-refractivity contribution in [3.05, 3.63) is 65.7 Å². The van der Waals surface area contributed by atoms with Crippen LogP contribution in [0.15, 0.2) is 70.7 Å². The number of fused-ring (bicyclic) bond motifs is 3. The van der Waals surface area contributed by atoms with Crippen LogP contribution < -0.4 is 10.0 Å². The molecule has 0 atom stereocenters. The van der Waals surface area contributed by atoms with Crippen LogP contribution in [-0.4, -0.2) is 45.5 Å². The predicted molar refractivity (Wildman–Crippen MR) is 148 cm³/mol. The van der Waals surface area contributed by atoms with Gasteiger partial charge in [0.2, 0.25) is 16.2 Å². The Labute approximate surface area is 226 Å². The van der Waals surface area contributed by atoms with Crippen molar-refractivity contribution >= 4 is 60.6 Å². The molecule has 38 heavy (non-hydrogen) atoms. The molecule has 0 radical (unpaired) electrons. The number of hydrogen-bond acceptors (Lipinski definition) is 10. The van der Waals surface area contributed by atoms with Crippen LogP contribution in [0.4, 0.5) is 10.8 Å². The van der Waals surface area contributed by atoms with Crippen LogP contribution in [0.5, 0.6) is 0 Å². The molecule has 5 aromatic rings. The molecule has 0 saturated carbocycles. The largest absolute Gasteiger partial charge is 0.326 e. The highest BCUT2D eigenvalue weighted by Crippen LogP contribution is 2.44. The average Bonchev–Trinajstić information content (AvgIpc) is 3.46. The lowest BCUT2D eigenvalue weighted by atomic mass is 10.0. The second-order valence-electron chi connectivity index (χ2n) is 8.40. The first-order valence-electron chi connectivity index (χ1n) is 11.5. The lowest BCUT2D eigenvalue weighted by Crippen LogP contribution is -2.14. The van der Waals surface area contributed by atoms with E-state index in [9.17, 15) is 13.2 Å².